The summed E-state index contributed by atoms with van der Waals surface area (Å²) in [4.78, 5) is 12.4. The summed E-state index contributed by atoms with van der Waals surface area (Å²) in [6.45, 7) is 0.567. The number of carbonyl (C=O) groups excluding carboxylic acids is 1. The third-order valence-corrected chi connectivity index (χ3v) is 3.75. The zero-order valence-electron chi connectivity index (χ0n) is 14.3. The number of ether oxygens (including phenoxy) is 3. The minimum Gasteiger partial charge on any atom is -0.496 e. The van der Waals surface area contributed by atoms with Crippen molar-refractivity contribution in [2.24, 2.45) is 0 Å². The molecule has 0 atom stereocenters. The van der Waals surface area contributed by atoms with Crippen LogP contribution in [0, 0.1) is 0 Å². The van der Waals surface area contributed by atoms with E-state index in [-0.39, 0.29) is 5.91 Å². The van der Waals surface area contributed by atoms with Gasteiger partial charge in [0.05, 0.1) is 26.9 Å². The summed E-state index contributed by atoms with van der Waals surface area (Å²) < 4.78 is 15.8. The van der Waals surface area contributed by atoms with Crippen LogP contribution in [0.2, 0.25) is 0 Å². The number of hydrogen-bond acceptors (Lipinski definition) is 4. The molecule has 0 radical (unpaired) electrons. The molecule has 2 rings (SSSR count). The molecule has 2 aromatic rings. The Labute approximate surface area is 142 Å². The van der Waals surface area contributed by atoms with E-state index in [0.29, 0.717) is 23.6 Å². The number of aryl methyl sites for hydroxylation is 1. The van der Waals surface area contributed by atoms with Crippen LogP contribution < -0.4 is 19.5 Å². The van der Waals surface area contributed by atoms with Crippen molar-refractivity contribution in [2.45, 2.75) is 12.8 Å². The molecular weight excluding hydrogens is 306 g/mol. The first kappa shape index (κ1) is 17.7. The zero-order valence-corrected chi connectivity index (χ0v) is 14.3. The molecule has 0 heterocycles. The summed E-state index contributed by atoms with van der Waals surface area (Å²) in [7, 11) is 4.73. The topological polar surface area (TPSA) is 56.8 Å². The van der Waals surface area contributed by atoms with Crippen molar-refractivity contribution in [3.63, 3.8) is 0 Å². The quantitative estimate of drug-likeness (QED) is 0.756. The van der Waals surface area contributed by atoms with Gasteiger partial charge in [0.1, 0.15) is 5.75 Å². The molecule has 0 unspecified atom stereocenters. The molecule has 0 aliphatic carbocycles. The molecule has 2 aromatic carbocycles. The molecule has 5 heteroatoms. The van der Waals surface area contributed by atoms with Crippen molar-refractivity contribution in [3.8, 4) is 17.2 Å². The van der Waals surface area contributed by atoms with Crippen molar-refractivity contribution >= 4 is 5.91 Å². The maximum Gasteiger partial charge on any atom is 0.255 e. The van der Waals surface area contributed by atoms with Crippen molar-refractivity contribution < 1.29 is 19.0 Å². The molecule has 0 fully saturated rings. The average Bonchev–Trinajstić information content (AvgIpc) is 2.64. The Balaban J connectivity index is 1.92. The molecule has 0 bridgehead atoms. The number of amides is 1. The van der Waals surface area contributed by atoms with Crippen molar-refractivity contribution in [1.29, 1.82) is 0 Å². The molecule has 0 aliphatic heterocycles. The Morgan fingerprint density at radius 3 is 2.33 bits per heavy atom. The summed E-state index contributed by atoms with van der Waals surface area (Å²) >= 11 is 0. The van der Waals surface area contributed by atoms with Gasteiger partial charge in [-0.15, -0.1) is 0 Å². The van der Waals surface area contributed by atoms with Crippen LogP contribution in [0.25, 0.3) is 0 Å². The third-order valence-electron chi connectivity index (χ3n) is 3.75. The molecule has 0 spiro atoms. The van der Waals surface area contributed by atoms with Crippen molar-refractivity contribution in [2.75, 3.05) is 27.9 Å². The van der Waals surface area contributed by atoms with E-state index in [1.54, 1.807) is 32.4 Å². The molecule has 0 saturated carbocycles. The monoisotopic (exact) mass is 329 g/mol. The number of methoxy groups -OCH3 is 3. The minimum absolute atomic E-state index is 0.175. The van der Waals surface area contributed by atoms with Gasteiger partial charge in [0.25, 0.3) is 5.91 Å². The highest BCUT2D eigenvalue weighted by Crippen LogP contribution is 2.30. The van der Waals surface area contributed by atoms with Gasteiger partial charge in [0.2, 0.25) is 0 Å². The third kappa shape index (κ3) is 4.19. The lowest BCUT2D eigenvalue weighted by molar-refractivity contribution is 0.0949. The first-order valence-corrected chi connectivity index (χ1v) is 7.82. The molecular formula is C19H23NO4. The summed E-state index contributed by atoms with van der Waals surface area (Å²) in [6, 6.07) is 13.1. The number of nitrogens with one attached hydrogen (secondary N) is 1. The highest BCUT2D eigenvalue weighted by Gasteiger charge is 2.15. The van der Waals surface area contributed by atoms with E-state index >= 15 is 0 Å². The Morgan fingerprint density at radius 1 is 0.917 bits per heavy atom. The van der Waals surface area contributed by atoms with Crippen LogP contribution in [-0.2, 0) is 6.42 Å². The van der Waals surface area contributed by atoms with Crippen LogP contribution in [0.3, 0.4) is 0 Å². The van der Waals surface area contributed by atoms with E-state index in [9.17, 15) is 4.79 Å². The zero-order chi connectivity index (χ0) is 17.4. The minimum atomic E-state index is -0.175. The predicted molar refractivity (Wildman–Crippen MR) is 93.2 cm³/mol. The molecule has 128 valence electrons. The predicted octanol–water partition coefficient (Wildman–Crippen LogP) is 3.08. The van der Waals surface area contributed by atoms with E-state index in [1.165, 1.54) is 7.11 Å². The lowest BCUT2D eigenvalue weighted by atomic mass is 10.1. The number of hydrogen-bond donors (Lipinski definition) is 1. The Bertz CT molecular complexity index is 685. The number of carbonyl (C=O) groups is 1. The highest BCUT2D eigenvalue weighted by atomic mass is 16.5. The highest BCUT2D eigenvalue weighted by molar-refractivity contribution is 5.97. The van der Waals surface area contributed by atoms with E-state index in [4.69, 9.17) is 14.2 Å². The maximum atomic E-state index is 12.4. The van der Waals surface area contributed by atoms with E-state index in [0.717, 1.165) is 24.2 Å². The Hall–Kier alpha value is -2.69. The lowest BCUT2D eigenvalue weighted by Crippen LogP contribution is -2.25. The summed E-state index contributed by atoms with van der Waals surface area (Å²) in [5.41, 5.74) is 1.60. The van der Waals surface area contributed by atoms with Gasteiger partial charge < -0.3 is 19.5 Å². The van der Waals surface area contributed by atoms with Gasteiger partial charge in [-0.25, -0.2) is 0 Å². The van der Waals surface area contributed by atoms with Gasteiger partial charge in [-0.2, -0.15) is 0 Å². The number of para-hydroxylation sites is 2. The van der Waals surface area contributed by atoms with Crippen LogP contribution in [0.4, 0.5) is 0 Å². The van der Waals surface area contributed by atoms with E-state index < -0.39 is 0 Å². The maximum absolute atomic E-state index is 12.4. The molecule has 0 saturated heterocycles. The molecule has 1 N–H and O–H groups in total. The standard InChI is InChI=1S/C19H23NO4/c1-22-16-11-5-4-8-14(16)9-7-13-20-19(21)15-10-6-12-17(23-2)18(15)24-3/h4-6,8,10-12H,7,9,13H2,1-3H3,(H,20,21). The van der Waals surface area contributed by atoms with Crippen LogP contribution in [-0.4, -0.2) is 33.8 Å². The van der Waals surface area contributed by atoms with Gasteiger partial charge in [0.15, 0.2) is 11.5 Å². The van der Waals surface area contributed by atoms with E-state index in [1.807, 2.05) is 24.3 Å². The number of rotatable bonds is 8. The van der Waals surface area contributed by atoms with Crippen LogP contribution in [0.15, 0.2) is 42.5 Å². The SMILES string of the molecule is COc1ccccc1CCCNC(=O)c1cccc(OC)c1OC. The molecule has 5 nitrogen and oxygen atoms in total. The van der Waals surface area contributed by atoms with Gasteiger partial charge in [0, 0.05) is 6.54 Å². The second-order valence-electron chi connectivity index (χ2n) is 5.21. The first-order chi connectivity index (χ1) is 11.7. The van der Waals surface area contributed by atoms with Gasteiger partial charge in [-0.05, 0) is 36.6 Å². The fourth-order valence-corrected chi connectivity index (χ4v) is 2.55. The summed E-state index contributed by atoms with van der Waals surface area (Å²) in [6.07, 6.45) is 1.65. The van der Waals surface area contributed by atoms with Crippen molar-refractivity contribution in [3.05, 3.63) is 53.6 Å². The van der Waals surface area contributed by atoms with Crippen LogP contribution in [0.5, 0.6) is 17.2 Å². The summed E-state index contributed by atoms with van der Waals surface area (Å²) in [5.74, 6) is 1.69. The fourth-order valence-electron chi connectivity index (χ4n) is 2.55. The first-order valence-electron chi connectivity index (χ1n) is 7.82. The molecule has 0 aliphatic rings. The van der Waals surface area contributed by atoms with Gasteiger partial charge in [-0.3, -0.25) is 4.79 Å². The number of benzene rings is 2. The van der Waals surface area contributed by atoms with Gasteiger partial charge in [-0.1, -0.05) is 24.3 Å². The second-order valence-corrected chi connectivity index (χ2v) is 5.21. The molecule has 1 amide bonds. The van der Waals surface area contributed by atoms with Crippen molar-refractivity contribution in [1.82, 2.24) is 5.32 Å². The lowest BCUT2D eigenvalue weighted by Gasteiger charge is -2.13. The average molecular weight is 329 g/mol. The molecule has 24 heavy (non-hydrogen) atoms. The van der Waals surface area contributed by atoms with Gasteiger partial charge >= 0.3 is 0 Å². The Morgan fingerprint density at radius 2 is 1.62 bits per heavy atom. The fraction of sp³-hybridized carbons (Fsp3) is 0.316. The van der Waals surface area contributed by atoms with E-state index in [2.05, 4.69) is 5.32 Å². The van der Waals surface area contributed by atoms with Crippen LogP contribution in [0.1, 0.15) is 22.3 Å². The smallest absolute Gasteiger partial charge is 0.255 e. The normalized spacial score (nSPS) is 10.1. The largest absolute Gasteiger partial charge is 0.496 e. The molecule has 0 aromatic heterocycles. The Kier molecular flexibility index (Phi) is 6.49. The van der Waals surface area contributed by atoms with Crippen LogP contribution >= 0.6 is 0 Å². The second kappa shape index (κ2) is 8.82. The summed E-state index contributed by atoms with van der Waals surface area (Å²) in [5, 5.41) is 2.92.